The number of hydrogen-bond acceptors (Lipinski definition) is 2. The van der Waals surface area contributed by atoms with Gasteiger partial charge in [-0.05, 0) is 25.5 Å². The molecular formula is C12H18N2O2. The molecule has 0 aliphatic carbocycles. The van der Waals surface area contributed by atoms with Crippen LogP contribution in [0.5, 0.6) is 5.75 Å². The molecular weight excluding hydrogens is 204 g/mol. The Balaban J connectivity index is 2.67. The molecule has 0 radical (unpaired) electrons. The maximum absolute atomic E-state index is 11.1. The SMILES string of the molecule is CCC(C)Oc1cccc(NC(=O)NC)c1. The average molecular weight is 222 g/mol. The van der Waals surface area contributed by atoms with Crippen molar-refractivity contribution < 1.29 is 9.53 Å². The second-order valence-electron chi connectivity index (χ2n) is 3.57. The number of hydrogen-bond donors (Lipinski definition) is 2. The molecule has 1 atom stereocenters. The van der Waals surface area contributed by atoms with Gasteiger partial charge in [-0.2, -0.15) is 0 Å². The topological polar surface area (TPSA) is 50.4 Å². The summed E-state index contributed by atoms with van der Waals surface area (Å²) in [6, 6.07) is 7.12. The van der Waals surface area contributed by atoms with E-state index in [4.69, 9.17) is 4.74 Å². The molecule has 0 saturated carbocycles. The Bertz CT molecular complexity index is 353. The third-order valence-electron chi connectivity index (χ3n) is 2.23. The van der Waals surface area contributed by atoms with Gasteiger partial charge in [-0.1, -0.05) is 13.0 Å². The van der Waals surface area contributed by atoms with Crippen molar-refractivity contribution in [2.75, 3.05) is 12.4 Å². The first-order valence-corrected chi connectivity index (χ1v) is 5.41. The fourth-order valence-electron chi connectivity index (χ4n) is 1.16. The van der Waals surface area contributed by atoms with Gasteiger partial charge in [0.25, 0.3) is 0 Å². The largest absolute Gasteiger partial charge is 0.491 e. The van der Waals surface area contributed by atoms with E-state index in [1.807, 2.05) is 25.1 Å². The normalized spacial score (nSPS) is 11.7. The molecule has 1 unspecified atom stereocenters. The van der Waals surface area contributed by atoms with Crippen LogP contribution in [-0.4, -0.2) is 19.2 Å². The second-order valence-corrected chi connectivity index (χ2v) is 3.57. The van der Waals surface area contributed by atoms with Gasteiger partial charge in [-0.25, -0.2) is 4.79 Å². The van der Waals surface area contributed by atoms with Crippen LogP contribution in [0.4, 0.5) is 10.5 Å². The summed E-state index contributed by atoms with van der Waals surface area (Å²) in [6.07, 6.45) is 1.13. The summed E-state index contributed by atoms with van der Waals surface area (Å²) in [5.74, 6) is 0.767. The van der Waals surface area contributed by atoms with Crippen molar-refractivity contribution >= 4 is 11.7 Å². The maximum atomic E-state index is 11.1. The molecule has 88 valence electrons. The van der Waals surface area contributed by atoms with Crippen LogP contribution in [0.3, 0.4) is 0 Å². The quantitative estimate of drug-likeness (QED) is 0.822. The van der Waals surface area contributed by atoms with E-state index in [1.165, 1.54) is 0 Å². The number of amides is 2. The summed E-state index contributed by atoms with van der Waals surface area (Å²) in [6.45, 7) is 4.08. The summed E-state index contributed by atoms with van der Waals surface area (Å²) in [5, 5.41) is 5.19. The zero-order valence-corrected chi connectivity index (χ0v) is 9.91. The van der Waals surface area contributed by atoms with Gasteiger partial charge in [0, 0.05) is 18.8 Å². The Morgan fingerprint density at radius 2 is 2.25 bits per heavy atom. The van der Waals surface area contributed by atoms with Crippen molar-refractivity contribution in [2.24, 2.45) is 0 Å². The molecule has 0 aliphatic heterocycles. The van der Waals surface area contributed by atoms with E-state index in [0.29, 0.717) is 0 Å². The van der Waals surface area contributed by atoms with Crippen LogP contribution < -0.4 is 15.4 Å². The molecule has 0 heterocycles. The predicted molar refractivity (Wildman–Crippen MR) is 64.9 cm³/mol. The lowest BCUT2D eigenvalue weighted by atomic mass is 10.3. The van der Waals surface area contributed by atoms with Gasteiger partial charge in [-0.15, -0.1) is 0 Å². The van der Waals surface area contributed by atoms with Gasteiger partial charge in [-0.3, -0.25) is 0 Å². The van der Waals surface area contributed by atoms with Crippen LogP contribution in [0.1, 0.15) is 20.3 Å². The number of carbonyl (C=O) groups excluding carboxylic acids is 1. The monoisotopic (exact) mass is 222 g/mol. The lowest BCUT2D eigenvalue weighted by Crippen LogP contribution is -2.24. The fourth-order valence-corrected chi connectivity index (χ4v) is 1.16. The lowest BCUT2D eigenvalue weighted by Gasteiger charge is -2.13. The highest BCUT2D eigenvalue weighted by atomic mass is 16.5. The van der Waals surface area contributed by atoms with E-state index in [2.05, 4.69) is 17.6 Å². The molecule has 4 heteroatoms. The van der Waals surface area contributed by atoms with Gasteiger partial charge in [0.05, 0.1) is 6.10 Å². The first-order chi connectivity index (χ1) is 7.65. The minimum absolute atomic E-state index is 0.176. The Kier molecular flexibility index (Phi) is 4.64. The Hall–Kier alpha value is -1.71. The number of anilines is 1. The summed E-state index contributed by atoms with van der Waals surface area (Å²) >= 11 is 0. The van der Waals surface area contributed by atoms with Crippen molar-refractivity contribution in [3.8, 4) is 5.75 Å². The van der Waals surface area contributed by atoms with E-state index in [9.17, 15) is 4.79 Å². The molecule has 0 aliphatic rings. The molecule has 0 aromatic heterocycles. The van der Waals surface area contributed by atoms with E-state index in [0.717, 1.165) is 17.9 Å². The number of nitrogens with one attached hydrogen (secondary N) is 2. The first-order valence-electron chi connectivity index (χ1n) is 5.41. The molecule has 1 aromatic carbocycles. The minimum atomic E-state index is -0.235. The van der Waals surface area contributed by atoms with Gasteiger partial charge in [0.2, 0.25) is 0 Å². The van der Waals surface area contributed by atoms with Crippen molar-refractivity contribution in [3.05, 3.63) is 24.3 Å². The molecule has 16 heavy (non-hydrogen) atoms. The van der Waals surface area contributed by atoms with Crippen molar-refractivity contribution in [3.63, 3.8) is 0 Å². The molecule has 1 aromatic rings. The third kappa shape index (κ3) is 3.81. The Labute approximate surface area is 96.0 Å². The van der Waals surface area contributed by atoms with E-state index < -0.39 is 0 Å². The molecule has 1 rings (SSSR count). The van der Waals surface area contributed by atoms with Crippen LogP contribution >= 0.6 is 0 Å². The van der Waals surface area contributed by atoms with E-state index >= 15 is 0 Å². The van der Waals surface area contributed by atoms with Crippen LogP contribution in [0.15, 0.2) is 24.3 Å². The minimum Gasteiger partial charge on any atom is -0.491 e. The number of benzene rings is 1. The standard InChI is InChI=1S/C12H18N2O2/c1-4-9(2)16-11-7-5-6-10(8-11)14-12(15)13-3/h5-9H,4H2,1-3H3,(H2,13,14,15). The van der Waals surface area contributed by atoms with Crippen LogP contribution in [-0.2, 0) is 0 Å². The van der Waals surface area contributed by atoms with Crippen molar-refractivity contribution in [2.45, 2.75) is 26.4 Å². The van der Waals surface area contributed by atoms with Crippen LogP contribution in [0.25, 0.3) is 0 Å². The third-order valence-corrected chi connectivity index (χ3v) is 2.23. The number of rotatable bonds is 4. The number of ether oxygens (including phenoxy) is 1. The van der Waals surface area contributed by atoms with Gasteiger partial charge in [0.15, 0.2) is 0 Å². The summed E-state index contributed by atoms with van der Waals surface area (Å²) < 4.78 is 5.65. The van der Waals surface area contributed by atoms with Crippen LogP contribution in [0, 0.1) is 0 Å². The summed E-state index contributed by atoms with van der Waals surface area (Å²) in [5.41, 5.74) is 0.722. The highest BCUT2D eigenvalue weighted by Crippen LogP contribution is 2.18. The fraction of sp³-hybridized carbons (Fsp3) is 0.417. The molecule has 0 fully saturated rings. The molecule has 4 nitrogen and oxygen atoms in total. The van der Waals surface area contributed by atoms with Crippen molar-refractivity contribution in [1.29, 1.82) is 0 Å². The summed E-state index contributed by atoms with van der Waals surface area (Å²) in [7, 11) is 1.58. The maximum Gasteiger partial charge on any atom is 0.318 e. The summed E-state index contributed by atoms with van der Waals surface area (Å²) in [4.78, 5) is 11.1. The van der Waals surface area contributed by atoms with Crippen LogP contribution in [0.2, 0.25) is 0 Å². The average Bonchev–Trinajstić information content (AvgIpc) is 2.29. The smallest absolute Gasteiger partial charge is 0.318 e. The lowest BCUT2D eigenvalue weighted by molar-refractivity contribution is 0.217. The second kappa shape index (κ2) is 6.00. The van der Waals surface area contributed by atoms with E-state index in [-0.39, 0.29) is 12.1 Å². The zero-order chi connectivity index (χ0) is 12.0. The molecule has 2 N–H and O–H groups in total. The zero-order valence-electron chi connectivity index (χ0n) is 9.91. The molecule has 0 spiro atoms. The van der Waals surface area contributed by atoms with Gasteiger partial charge < -0.3 is 15.4 Å². The molecule has 0 saturated heterocycles. The molecule has 0 bridgehead atoms. The van der Waals surface area contributed by atoms with Gasteiger partial charge in [0.1, 0.15) is 5.75 Å². The number of urea groups is 1. The Morgan fingerprint density at radius 1 is 1.50 bits per heavy atom. The Morgan fingerprint density at radius 3 is 2.88 bits per heavy atom. The predicted octanol–water partition coefficient (Wildman–Crippen LogP) is 2.62. The molecule has 2 amide bonds. The van der Waals surface area contributed by atoms with E-state index in [1.54, 1.807) is 13.1 Å². The first kappa shape index (κ1) is 12.4. The highest BCUT2D eigenvalue weighted by molar-refractivity contribution is 5.89. The highest BCUT2D eigenvalue weighted by Gasteiger charge is 2.03. The van der Waals surface area contributed by atoms with Gasteiger partial charge >= 0.3 is 6.03 Å². The van der Waals surface area contributed by atoms with Crippen molar-refractivity contribution in [1.82, 2.24) is 5.32 Å². The number of carbonyl (C=O) groups is 1.